The second kappa shape index (κ2) is 4.72. The molecule has 0 radical (unpaired) electrons. The number of anilines is 1. The third-order valence-corrected chi connectivity index (χ3v) is 3.10. The summed E-state index contributed by atoms with van der Waals surface area (Å²) in [6.45, 7) is 6.14. The van der Waals surface area contributed by atoms with E-state index >= 15 is 0 Å². The van der Waals surface area contributed by atoms with E-state index in [0.29, 0.717) is 0 Å². The minimum atomic E-state index is 0.857. The van der Waals surface area contributed by atoms with Gasteiger partial charge in [0.2, 0.25) is 0 Å². The van der Waals surface area contributed by atoms with Crippen molar-refractivity contribution in [2.75, 3.05) is 19.5 Å². The summed E-state index contributed by atoms with van der Waals surface area (Å²) in [4.78, 5) is 0. The third-order valence-electron chi connectivity index (χ3n) is 3.10. The van der Waals surface area contributed by atoms with Crippen molar-refractivity contribution in [1.29, 1.82) is 0 Å². The first-order valence-electron chi connectivity index (χ1n) is 5.96. The molecule has 2 aromatic rings. The molecule has 0 aliphatic rings. The van der Waals surface area contributed by atoms with Gasteiger partial charge in [0.1, 0.15) is 11.4 Å². The Labute approximate surface area is 107 Å². The zero-order valence-electron chi connectivity index (χ0n) is 11.5. The van der Waals surface area contributed by atoms with Gasteiger partial charge in [0.05, 0.1) is 18.5 Å². The Morgan fingerprint density at radius 1 is 1.22 bits per heavy atom. The zero-order valence-corrected chi connectivity index (χ0v) is 11.5. The Hall–Kier alpha value is -1.97. The average Bonchev–Trinajstić information content (AvgIpc) is 2.69. The van der Waals surface area contributed by atoms with Crippen LogP contribution in [-0.2, 0) is 0 Å². The standard InChI is InChI=1S/C14H19N3O/c1-8-6-9(2)12(11(7-8)18-5)14-13(15-4)10(3)16-17-14/h6-7,15H,1-5H3,(H,16,17). The lowest BCUT2D eigenvalue weighted by atomic mass is 10.0. The summed E-state index contributed by atoms with van der Waals surface area (Å²) in [5.74, 6) is 0.857. The predicted octanol–water partition coefficient (Wildman–Crippen LogP) is 3.05. The summed E-state index contributed by atoms with van der Waals surface area (Å²) < 4.78 is 5.49. The van der Waals surface area contributed by atoms with Crippen molar-refractivity contribution in [3.63, 3.8) is 0 Å². The molecular weight excluding hydrogens is 226 g/mol. The monoisotopic (exact) mass is 245 g/mol. The molecule has 0 atom stereocenters. The van der Waals surface area contributed by atoms with Crippen LogP contribution in [0.5, 0.6) is 5.75 Å². The summed E-state index contributed by atoms with van der Waals surface area (Å²) in [5.41, 5.74) is 6.33. The fourth-order valence-electron chi connectivity index (χ4n) is 2.31. The lowest BCUT2D eigenvalue weighted by Crippen LogP contribution is -1.96. The number of aromatic amines is 1. The number of H-pyrrole nitrogens is 1. The minimum Gasteiger partial charge on any atom is -0.496 e. The van der Waals surface area contributed by atoms with Gasteiger partial charge >= 0.3 is 0 Å². The third kappa shape index (κ3) is 1.94. The number of aryl methyl sites for hydroxylation is 3. The summed E-state index contributed by atoms with van der Waals surface area (Å²) in [5, 5.41) is 10.6. The van der Waals surface area contributed by atoms with Crippen LogP contribution in [0.25, 0.3) is 11.3 Å². The van der Waals surface area contributed by atoms with E-state index in [1.807, 2.05) is 20.0 Å². The summed E-state index contributed by atoms with van der Waals surface area (Å²) in [7, 11) is 3.59. The van der Waals surface area contributed by atoms with Gasteiger partial charge in [0, 0.05) is 12.6 Å². The maximum Gasteiger partial charge on any atom is 0.128 e. The van der Waals surface area contributed by atoms with Gasteiger partial charge in [0.25, 0.3) is 0 Å². The van der Waals surface area contributed by atoms with Crippen molar-refractivity contribution in [3.05, 3.63) is 29.0 Å². The molecule has 0 saturated carbocycles. The highest BCUT2D eigenvalue weighted by molar-refractivity contribution is 5.82. The average molecular weight is 245 g/mol. The number of hydrogen-bond donors (Lipinski definition) is 2. The van der Waals surface area contributed by atoms with Crippen molar-refractivity contribution in [2.45, 2.75) is 20.8 Å². The second-order valence-corrected chi connectivity index (χ2v) is 4.48. The lowest BCUT2D eigenvalue weighted by Gasteiger charge is -2.12. The van der Waals surface area contributed by atoms with Crippen LogP contribution in [0.2, 0.25) is 0 Å². The van der Waals surface area contributed by atoms with Crippen LogP contribution < -0.4 is 10.1 Å². The molecule has 96 valence electrons. The molecule has 0 aliphatic carbocycles. The van der Waals surface area contributed by atoms with Gasteiger partial charge in [-0.15, -0.1) is 0 Å². The first-order valence-corrected chi connectivity index (χ1v) is 5.96. The van der Waals surface area contributed by atoms with Crippen LogP contribution in [0.3, 0.4) is 0 Å². The summed E-state index contributed by atoms with van der Waals surface area (Å²) in [6.07, 6.45) is 0. The SMILES string of the molecule is CNc1c(-c2c(C)cc(C)cc2OC)n[nH]c1C. The van der Waals surface area contributed by atoms with E-state index in [4.69, 9.17) is 4.74 Å². The topological polar surface area (TPSA) is 49.9 Å². The van der Waals surface area contributed by atoms with Crippen molar-refractivity contribution in [2.24, 2.45) is 0 Å². The van der Waals surface area contributed by atoms with E-state index in [0.717, 1.165) is 34.0 Å². The Kier molecular flexibility index (Phi) is 3.28. The van der Waals surface area contributed by atoms with Crippen LogP contribution in [0.1, 0.15) is 16.8 Å². The molecular formula is C14H19N3O. The fourth-order valence-corrected chi connectivity index (χ4v) is 2.31. The first kappa shape index (κ1) is 12.5. The van der Waals surface area contributed by atoms with Crippen molar-refractivity contribution >= 4 is 5.69 Å². The van der Waals surface area contributed by atoms with Gasteiger partial charge in [-0.3, -0.25) is 5.10 Å². The molecule has 0 unspecified atom stereocenters. The van der Waals surface area contributed by atoms with Crippen molar-refractivity contribution in [1.82, 2.24) is 10.2 Å². The Balaban J connectivity index is 2.70. The Morgan fingerprint density at radius 3 is 2.56 bits per heavy atom. The maximum absolute atomic E-state index is 5.49. The minimum absolute atomic E-state index is 0.857. The fraction of sp³-hybridized carbons (Fsp3) is 0.357. The highest BCUT2D eigenvalue weighted by Gasteiger charge is 2.17. The van der Waals surface area contributed by atoms with Crippen molar-refractivity contribution in [3.8, 4) is 17.0 Å². The molecule has 18 heavy (non-hydrogen) atoms. The highest BCUT2D eigenvalue weighted by Crippen LogP contribution is 2.37. The van der Waals surface area contributed by atoms with E-state index in [1.165, 1.54) is 5.56 Å². The Bertz CT molecular complexity index is 573. The number of methoxy groups -OCH3 is 1. The molecule has 4 heteroatoms. The van der Waals surface area contributed by atoms with Crippen LogP contribution >= 0.6 is 0 Å². The lowest BCUT2D eigenvalue weighted by molar-refractivity contribution is 0.415. The highest BCUT2D eigenvalue weighted by atomic mass is 16.5. The predicted molar refractivity (Wildman–Crippen MR) is 74.3 cm³/mol. The number of rotatable bonds is 3. The van der Waals surface area contributed by atoms with E-state index in [2.05, 4.69) is 35.4 Å². The van der Waals surface area contributed by atoms with Gasteiger partial charge in [-0.25, -0.2) is 0 Å². The number of ether oxygens (including phenoxy) is 1. The molecule has 2 rings (SSSR count). The van der Waals surface area contributed by atoms with E-state index < -0.39 is 0 Å². The number of benzene rings is 1. The summed E-state index contributed by atoms with van der Waals surface area (Å²) >= 11 is 0. The van der Waals surface area contributed by atoms with Gasteiger partial charge in [-0.05, 0) is 38.0 Å². The molecule has 0 spiro atoms. The second-order valence-electron chi connectivity index (χ2n) is 4.48. The maximum atomic E-state index is 5.49. The van der Waals surface area contributed by atoms with Crippen LogP contribution in [0.4, 0.5) is 5.69 Å². The molecule has 0 aliphatic heterocycles. The molecule has 0 saturated heterocycles. The molecule has 0 bridgehead atoms. The zero-order chi connectivity index (χ0) is 13.3. The first-order chi connectivity index (χ1) is 8.58. The number of nitrogens with one attached hydrogen (secondary N) is 2. The molecule has 1 aromatic carbocycles. The number of nitrogens with zero attached hydrogens (tertiary/aromatic N) is 1. The van der Waals surface area contributed by atoms with Gasteiger partial charge < -0.3 is 10.1 Å². The normalized spacial score (nSPS) is 10.5. The van der Waals surface area contributed by atoms with E-state index in [-0.39, 0.29) is 0 Å². The Morgan fingerprint density at radius 2 is 1.94 bits per heavy atom. The molecule has 0 amide bonds. The largest absolute Gasteiger partial charge is 0.496 e. The van der Waals surface area contributed by atoms with Gasteiger partial charge in [0.15, 0.2) is 0 Å². The van der Waals surface area contributed by atoms with Crippen LogP contribution in [0.15, 0.2) is 12.1 Å². The van der Waals surface area contributed by atoms with E-state index in [9.17, 15) is 0 Å². The molecule has 0 fully saturated rings. The number of hydrogen-bond acceptors (Lipinski definition) is 3. The quantitative estimate of drug-likeness (QED) is 0.873. The van der Waals surface area contributed by atoms with E-state index in [1.54, 1.807) is 7.11 Å². The van der Waals surface area contributed by atoms with Gasteiger partial charge in [-0.1, -0.05) is 6.07 Å². The summed E-state index contributed by atoms with van der Waals surface area (Å²) in [6, 6.07) is 4.17. The molecule has 4 nitrogen and oxygen atoms in total. The molecule has 1 heterocycles. The van der Waals surface area contributed by atoms with Crippen molar-refractivity contribution < 1.29 is 4.74 Å². The van der Waals surface area contributed by atoms with Crippen LogP contribution in [-0.4, -0.2) is 24.4 Å². The molecule has 2 N–H and O–H groups in total. The smallest absolute Gasteiger partial charge is 0.128 e. The van der Waals surface area contributed by atoms with Crippen LogP contribution in [0, 0.1) is 20.8 Å². The number of aromatic nitrogens is 2. The molecule has 1 aromatic heterocycles. The van der Waals surface area contributed by atoms with Gasteiger partial charge in [-0.2, -0.15) is 5.10 Å².